The first-order valence-corrected chi connectivity index (χ1v) is 11.2. The number of alkyl carbamates (subject to hydrolysis) is 1. The van der Waals surface area contributed by atoms with Crippen molar-refractivity contribution >= 4 is 28.7 Å². The number of hydrogen-bond acceptors (Lipinski definition) is 8. The minimum Gasteiger partial charge on any atom is -0.458 e. The Labute approximate surface area is 198 Å². The quantitative estimate of drug-likeness (QED) is 0.296. The fourth-order valence-electron chi connectivity index (χ4n) is 4.74. The van der Waals surface area contributed by atoms with E-state index in [0.717, 1.165) is 0 Å². The first-order valence-electron chi connectivity index (χ1n) is 11.2. The number of amides is 1. The SMILES string of the molecule is CCOC(=O)NCc1c2c(nc3cc(F)c(N)cc13)-c1cc3c(c(=O)n1C2)COC(=O)[C@]3(O)CC. The normalized spacial score (nSPS) is 18.0. The first kappa shape index (κ1) is 22.8. The molecule has 0 spiro atoms. The van der Waals surface area contributed by atoms with Crippen molar-refractivity contribution < 1.29 is 28.6 Å². The van der Waals surface area contributed by atoms with E-state index in [-0.39, 0.29) is 55.1 Å². The van der Waals surface area contributed by atoms with Gasteiger partial charge in [-0.2, -0.15) is 0 Å². The highest BCUT2D eigenvalue weighted by Crippen LogP contribution is 2.40. The number of pyridine rings is 2. The number of rotatable bonds is 4. The van der Waals surface area contributed by atoms with Gasteiger partial charge in [-0.1, -0.05) is 6.92 Å². The van der Waals surface area contributed by atoms with E-state index in [1.165, 1.54) is 16.7 Å². The van der Waals surface area contributed by atoms with Crippen LogP contribution in [0.25, 0.3) is 22.3 Å². The van der Waals surface area contributed by atoms with E-state index in [1.54, 1.807) is 19.9 Å². The molecule has 2 aliphatic rings. The zero-order valence-corrected chi connectivity index (χ0v) is 19.1. The molecule has 0 radical (unpaired) electrons. The van der Waals surface area contributed by atoms with Crippen LogP contribution >= 0.6 is 0 Å². The molecule has 4 N–H and O–H groups in total. The molecular formula is C24H23FN4O6. The summed E-state index contributed by atoms with van der Waals surface area (Å²) in [5.41, 5.74) is 5.99. The van der Waals surface area contributed by atoms with Gasteiger partial charge in [-0.15, -0.1) is 0 Å². The van der Waals surface area contributed by atoms with Gasteiger partial charge in [0.05, 0.1) is 41.3 Å². The number of nitrogens with one attached hydrogen (secondary N) is 1. The van der Waals surface area contributed by atoms with E-state index >= 15 is 0 Å². The number of fused-ring (bicyclic) bond motifs is 5. The highest BCUT2D eigenvalue weighted by Gasteiger charge is 2.45. The molecule has 0 saturated carbocycles. The number of ether oxygens (including phenoxy) is 2. The summed E-state index contributed by atoms with van der Waals surface area (Å²) in [6, 6.07) is 4.21. The molecular weight excluding hydrogens is 459 g/mol. The third-order valence-electron chi connectivity index (χ3n) is 6.61. The van der Waals surface area contributed by atoms with Crippen LogP contribution in [-0.2, 0) is 39.6 Å². The predicted molar refractivity (Wildman–Crippen MR) is 123 cm³/mol. The van der Waals surface area contributed by atoms with E-state index in [9.17, 15) is 23.9 Å². The van der Waals surface area contributed by atoms with Gasteiger partial charge >= 0.3 is 12.1 Å². The maximum atomic E-state index is 14.3. The van der Waals surface area contributed by atoms with Crippen LogP contribution in [0.5, 0.6) is 0 Å². The highest BCUT2D eigenvalue weighted by atomic mass is 19.1. The van der Waals surface area contributed by atoms with Crippen molar-refractivity contribution in [2.45, 2.75) is 45.6 Å². The lowest BCUT2D eigenvalue weighted by Crippen LogP contribution is -2.44. The maximum absolute atomic E-state index is 14.3. The summed E-state index contributed by atoms with van der Waals surface area (Å²) in [6.07, 6.45) is -0.619. The molecule has 10 nitrogen and oxygen atoms in total. The molecule has 0 fully saturated rings. The third-order valence-corrected chi connectivity index (χ3v) is 6.61. The number of carbonyl (C=O) groups is 2. The smallest absolute Gasteiger partial charge is 0.407 e. The summed E-state index contributed by atoms with van der Waals surface area (Å²) in [5.74, 6) is -1.48. The van der Waals surface area contributed by atoms with Crippen LogP contribution in [0.4, 0.5) is 14.9 Å². The molecule has 1 amide bonds. The lowest BCUT2D eigenvalue weighted by Gasteiger charge is -2.31. The molecule has 11 heteroatoms. The second-order valence-electron chi connectivity index (χ2n) is 8.49. The van der Waals surface area contributed by atoms with E-state index in [1.807, 2.05) is 0 Å². The maximum Gasteiger partial charge on any atom is 0.407 e. The summed E-state index contributed by atoms with van der Waals surface area (Å²) >= 11 is 0. The van der Waals surface area contributed by atoms with Gasteiger partial charge in [-0.3, -0.25) is 4.79 Å². The van der Waals surface area contributed by atoms with Crippen molar-refractivity contribution in [1.82, 2.24) is 14.9 Å². The molecule has 4 heterocycles. The van der Waals surface area contributed by atoms with Gasteiger partial charge in [-0.05, 0) is 31.0 Å². The Hall–Kier alpha value is -3.99. The van der Waals surface area contributed by atoms with E-state index in [0.29, 0.717) is 27.9 Å². The van der Waals surface area contributed by atoms with Gasteiger partial charge < -0.3 is 30.2 Å². The van der Waals surface area contributed by atoms with Crippen LogP contribution in [0.3, 0.4) is 0 Å². The zero-order chi connectivity index (χ0) is 25.1. The lowest BCUT2D eigenvalue weighted by molar-refractivity contribution is -0.172. The number of halogens is 1. The Balaban J connectivity index is 1.75. The van der Waals surface area contributed by atoms with Gasteiger partial charge in [0.25, 0.3) is 5.56 Å². The van der Waals surface area contributed by atoms with Gasteiger partial charge in [0, 0.05) is 29.1 Å². The zero-order valence-electron chi connectivity index (χ0n) is 19.1. The van der Waals surface area contributed by atoms with Crippen LogP contribution in [0.1, 0.15) is 42.5 Å². The summed E-state index contributed by atoms with van der Waals surface area (Å²) in [6.45, 7) is 3.38. The average molecular weight is 482 g/mol. The summed E-state index contributed by atoms with van der Waals surface area (Å²) in [5, 5.41) is 14.2. The number of nitrogen functional groups attached to an aromatic ring is 1. The Morgan fingerprint density at radius 3 is 2.80 bits per heavy atom. The molecule has 3 aromatic rings. The average Bonchev–Trinajstić information content (AvgIpc) is 3.19. The molecule has 0 saturated heterocycles. The fraction of sp³-hybridized carbons (Fsp3) is 0.333. The number of anilines is 1. The number of aliphatic hydroxyl groups is 1. The molecule has 0 aliphatic carbocycles. The number of nitrogens with zero attached hydrogens (tertiary/aromatic N) is 2. The van der Waals surface area contributed by atoms with Crippen molar-refractivity contribution in [3.05, 3.63) is 56.6 Å². The molecule has 1 atom stereocenters. The number of nitrogens with two attached hydrogens (primary N) is 1. The number of esters is 1. The molecule has 182 valence electrons. The van der Waals surface area contributed by atoms with Gasteiger partial charge in [0.2, 0.25) is 0 Å². The molecule has 1 aromatic carbocycles. The Bertz CT molecular complexity index is 1480. The van der Waals surface area contributed by atoms with Crippen LogP contribution in [-0.4, -0.2) is 33.3 Å². The van der Waals surface area contributed by atoms with Crippen molar-refractivity contribution in [3.63, 3.8) is 0 Å². The monoisotopic (exact) mass is 482 g/mol. The minimum atomic E-state index is -1.96. The first-order chi connectivity index (χ1) is 16.7. The van der Waals surface area contributed by atoms with Gasteiger partial charge in [0.1, 0.15) is 12.4 Å². The number of cyclic esters (lactones) is 1. The van der Waals surface area contributed by atoms with Gasteiger partial charge in [0.15, 0.2) is 5.60 Å². The molecule has 0 bridgehead atoms. The summed E-state index contributed by atoms with van der Waals surface area (Å²) in [4.78, 5) is 42.4. The number of benzene rings is 1. The molecule has 0 unspecified atom stereocenters. The van der Waals surface area contributed by atoms with Crippen molar-refractivity contribution in [2.24, 2.45) is 0 Å². The standard InChI is InChI=1S/C24H23FN4O6/c1-3-24(33)15-6-19-20-13(9-29(19)21(30)14(15)10-35-22(24)31)12(8-27-23(32)34-4-2)11-5-17(26)16(25)7-18(11)28-20/h5-7,33H,3-4,8-10,26H2,1-2H3,(H,27,32)/t24-/m0/s1. The topological polar surface area (TPSA) is 146 Å². The highest BCUT2D eigenvalue weighted by molar-refractivity contribution is 5.91. The third kappa shape index (κ3) is 3.34. The van der Waals surface area contributed by atoms with Crippen molar-refractivity contribution in [3.8, 4) is 11.4 Å². The van der Waals surface area contributed by atoms with Gasteiger partial charge in [-0.25, -0.2) is 19.0 Å². The molecule has 35 heavy (non-hydrogen) atoms. The van der Waals surface area contributed by atoms with Crippen molar-refractivity contribution in [1.29, 1.82) is 0 Å². The van der Waals surface area contributed by atoms with Crippen LogP contribution < -0.4 is 16.6 Å². The van der Waals surface area contributed by atoms with Crippen LogP contribution in [0, 0.1) is 5.82 Å². The lowest BCUT2D eigenvalue weighted by atomic mass is 9.86. The van der Waals surface area contributed by atoms with E-state index in [4.69, 9.17) is 15.2 Å². The largest absolute Gasteiger partial charge is 0.458 e. The number of aromatic nitrogens is 2. The predicted octanol–water partition coefficient (Wildman–Crippen LogP) is 2.05. The molecule has 2 aromatic heterocycles. The van der Waals surface area contributed by atoms with E-state index < -0.39 is 29.0 Å². The number of hydrogen-bond donors (Lipinski definition) is 3. The Morgan fingerprint density at radius 1 is 1.31 bits per heavy atom. The Morgan fingerprint density at radius 2 is 2.09 bits per heavy atom. The van der Waals surface area contributed by atoms with E-state index in [2.05, 4.69) is 10.3 Å². The number of carbonyl (C=O) groups excluding carboxylic acids is 2. The minimum absolute atomic E-state index is 0.0128. The fourth-order valence-corrected chi connectivity index (χ4v) is 4.74. The Kier molecular flexibility index (Phi) is 5.24. The summed E-state index contributed by atoms with van der Waals surface area (Å²) < 4.78 is 25.8. The second kappa shape index (κ2) is 8.05. The molecule has 2 aliphatic heterocycles. The van der Waals surface area contributed by atoms with Crippen LogP contribution in [0.15, 0.2) is 23.0 Å². The second-order valence-corrected chi connectivity index (χ2v) is 8.49. The van der Waals surface area contributed by atoms with Crippen LogP contribution in [0.2, 0.25) is 0 Å². The molecule has 5 rings (SSSR count). The van der Waals surface area contributed by atoms with Crippen molar-refractivity contribution in [2.75, 3.05) is 12.3 Å². The summed E-state index contributed by atoms with van der Waals surface area (Å²) in [7, 11) is 0.